The van der Waals surface area contributed by atoms with Crippen molar-refractivity contribution in [3.63, 3.8) is 0 Å². The second-order valence-electron chi connectivity index (χ2n) is 13.5. The van der Waals surface area contributed by atoms with E-state index in [2.05, 4.69) is 24.9 Å². The van der Waals surface area contributed by atoms with Crippen LogP contribution < -0.4 is 15.4 Å². The van der Waals surface area contributed by atoms with Crippen molar-refractivity contribution in [1.29, 1.82) is 0 Å². The molecule has 7 rings (SSSR count). The van der Waals surface area contributed by atoms with Crippen molar-refractivity contribution in [3.8, 4) is 6.01 Å². The molecule has 2 aromatic heterocycles. The van der Waals surface area contributed by atoms with Crippen LogP contribution in [-0.2, 0) is 37.0 Å². The van der Waals surface area contributed by atoms with E-state index in [1.807, 2.05) is 11.6 Å². The monoisotopic (exact) mass is 688 g/mol. The van der Waals surface area contributed by atoms with Gasteiger partial charge in [-0.05, 0) is 69.3 Å². The first-order valence-corrected chi connectivity index (χ1v) is 16.7. The van der Waals surface area contributed by atoms with Gasteiger partial charge in [0.1, 0.15) is 12.0 Å². The third kappa shape index (κ3) is 7.05. The standard InChI is InChI=1S/C27H32F3N7O3.C7H12FN/c1-14-9-16(31)10-17(22(14)27(28,29)30)21-11-19-18(13-40-21)24(33-26(32-19)39-5)36-7-6-8-37-20(12-36)15(2)23(34-37)25(38)35(3)4;8-6-4-7-2-1-3-9(7)5-6/h9-10,21H,6-8,11-13,31H2,1-5H3;6-7H,1-5H2. The zero-order chi connectivity index (χ0) is 35.2. The Morgan fingerprint density at radius 3 is 2.59 bits per heavy atom. The van der Waals surface area contributed by atoms with Gasteiger partial charge in [-0.15, -0.1) is 0 Å². The van der Waals surface area contributed by atoms with Crippen LogP contribution in [0.2, 0.25) is 0 Å². The molecule has 11 nitrogen and oxygen atoms in total. The third-order valence-corrected chi connectivity index (χ3v) is 9.89. The van der Waals surface area contributed by atoms with Crippen LogP contribution in [0.5, 0.6) is 6.01 Å². The number of nitrogens with zero attached hydrogens (tertiary/aromatic N) is 7. The van der Waals surface area contributed by atoms with Crippen molar-refractivity contribution < 1.29 is 31.8 Å². The molecule has 2 N–H and O–H groups in total. The van der Waals surface area contributed by atoms with Crippen LogP contribution in [0.25, 0.3) is 0 Å². The number of alkyl halides is 4. The molecule has 4 aliphatic rings. The summed E-state index contributed by atoms with van der Waals surface area (Å²) in [5.74, 6) is 0.426. The van der Waals surface area contributed by atoms with Crippen LogP contribution in [0, 0.1) is 13.8 Å². The molecule has 0 aliphatic carbocycles. The summed E-state index contributed by atoms with van der Waals surface area (Å²) >= 11 is 0. The summed E-state index contributed by atoms with van der Waals surface area (Å²) < 4.78 is 68.0. The van der Waals surface area contributed by atoms with Crippen molar-refractivity contribution >= 4 is 17.4 Å². The Kier molecular flexibility index (Phi) is 9.77. The highest BCUT2D eigenvalue weighted by atomic mass is 19.4. The number of halogens is 4. The number of amides is 1. The van der Waals surface area contributed by atoms with Crippen LogP contribution in [-0.4, -0.2) is 88.5 Å². The molecule has 3 aromatic rings. The van der Waals surface area contributed by atoms with Gasteiger partial charge in [0.15, 0.2) is 5.69 Å². The quantitative estimate of drug-likeness (QED) is 0.298. The number of nitrogen functional groups attached to an aromatic ring is 1. The lowest BCUT2D eigenvalue weighted by Crippen LogP contribution is -2.29. The number of benzene rings is 1. The van der Waals surface area contributed by atoms with Crippen molar-refractivity contribution in [2.75, 3.05) is 51.5 Å². The summed E-state index contributed by atoms with van der Waals surface area (Å²) in [6.07, 6.45) is -1.81. The number of ether oxygens (including phenoxy) is 2. The molecule has 2 fully saturated rings. The van der Waals surface area contributed by atoms with E-state index in [4.69, 9.17) is 15.2 Å². The number of carbonyl (C=O) groups is 1. The number of nitrogens with two attached hydrogens (primary N) is 1. The van der Waals surface area contributed by atoms with Gasteiger partial charge < -0.3 is 25.0 Å². The van der Waals surface area contributed by atoms with Crippen molar-refractivity contribution in [2.45, 2.75) is 90.1 Å². The zero-order valence-electron chi connectivity index (χ0n) is 28.6. The number of aromatic nitrogens is 4. The van der Waals surface area contributed by atoms with Crippen molar-refractivity contribution in [2.24, 2.45) is 0 Å². The minimum atomic E-state index is -4.56. The highest BCUT2D eigenvalue weighted by molar-refractivity contribution is 5.93. The van der Waals surface area contributed by atoms with E-state index in [1.54, 1.807) is 14.1 Å². The summed E-state index contributed by atoms with van der Waals surface area (Å²) in [4.78, 5) is 27.7. The van der Waals surface area contributed by atoms with Gasteiger partial charge in [0.2, 0.25) is 0 Å². The molecule has 1 amide bonds. The first kappa shape index (κ1) is 34.9. The Morgan fingerprint density at radius 1 is 1.12 bits per heavy atom. The minimum Gasteiger partial charge on any atom is -0.467 e. The first-order valence-electron chi connectivity index (χ1n) is 16.7. The fourth-order valence-corrected chi connectivity index (χ4v) is 7.53. The lowest BCUT2D eigenvalue weighted by atomic mass is 9.92. The second-order valence-corrected chi connectivity index (χ2v) is 13.5. The number of carbonyl (C=O) groups excluding carboxylic acids is 1. The number of rotatable bonds is 4. The Bertz CT molecular complexity index is 1700. The number of fused-ring (bicyclic) bond motifs is 3. The second kappa shape index (κ2) is 13.7. The number of hydrogen-bond acceptors (Lipinski definition) is 9. The van der Waals surface area contributed by atoms with E-state index < -0.39 is 24.0 Å². The average Bonchev–Trinajstić information content (AvgIpc) is 3.66. The molecule has 266 valence electrons. The molecule has 2 saturated heterocycles. The molecule has 3 atom stereocenters. The van der Waals surface area contributed by atoms with Gasteiger partial charge in [0.05, 0.1) is 43.3 Å². The fourth-order valence-electron chi connectivity index (χ4n) is 7.53. The predicted octanol–water partition coefficient (Wildman–Crippen LogP) is 5.02. The number of hydrogen-bond donors (Lipinski definition) is 1. The molecule has 0 bridgehead atoms. The fraction of sp³-hybridized carbons (Fsp3) is 0.588. The Labute approximate surface area is 283 Å². The zero-order valence-corrected chi connectivity index (χ0v) is 28.6. The van der Waals surface area contributed by atoms with E-state index in [0.29, 0.717) is 55.0 Å². The number of aryl methyl sites for hydroxylation is 2. The summed E-state index contributed by atoms with van der Waals surface area (Å²) in [5, 5.41) is 4.58. The van der Waals surface area contributed by atoms with Crippen LogP contribution in [0.4, 0.5) is 29.1 Å². The molecule has 1 aromatic carbocycles. The first-order chi connectivity index (χ1) is 23.2. The molecule has 15 heteroatoms. The van der Waals surface area contributed by atoms with Gasteiger partial charge >= 0.3 is 12.2 Å². The van der Waals surface area contributed by atoms with Crippen molar-refractivity contribution in [1.82, 2.24) is 29.5 Å². The lowest BCUT2D eigenvalue weighted by molar-refractivity contribution is -0.140. The van der Waals surface area contributed by atoms with E-state index in [9.17, 15) is 22.4 Å². The third-order valence-electron chi connectivity index (χ3n) is 9.89. The predicted molar refractivity (Wildman–Crippen MR) is 175 cm³/mol. The maximum absolute atomic E-state index is 14.0. The SMILES string of the molecule is COc1nc2c(c(N3CCCn4nc(C(=O)N(C)C)c(C)c4C3)n1)COC(c1cc(N)cc(C)c1C(F)(F)F)C2.FC1CC2CCCN2C1. The Balaban J connectivity index is 0.000000396. The number of methoxy groups -OCH3 is 1. The van der Waals surface area contributed by atoms with Crippen LogP contribution in [0.15, 0.2) is 12.1 Å². The molecule has 0 radical (unpaired) electrons. The van der Waals surface area contributed by atoms with E-state index in [0.717, 1.165) is 30.6 Å². The summed E-state index contributed by atoms with van der Waals surface area (Å²) in [6, 6.07) is 3.37. The molecule has 0 spiro atoms. The molecule has 4 aliphatic heterocycles. The highest BCUT2D eigenvalue weighted by Gasteiger charge is 2.40. The topological polar surface area (TPSA) is 115 Å². The van der Waals surface area contributed by atoms with Crippen molar-refractivity contribution in [3.05, 3.63) is 57.0 Å². The van der Waals surface area contributed by atoms with Crippen LogP contribution >= 0.6 is 0 Å². The Morgan fingerprint density at radius 2 is 1.90 bits per heavy atom. The van der Waals surface area contributed by atoms with E-state index >= 15 is 0 Å². The molecule has 6 heterocycles. The molecule has 49 heavy (non-hydrogen) atoms. The highest BCUT2D eigenvalue weighted by Crippen LogP contribution is 2.43. The van der Waals surface area contributed by atoms with E-state index in [-0.39, 0.29) is 41.8 Å². The van der Waals surface area contributed by atoms with Gasteiger partial charge in [-0.1, -0.05) is 0 Å². The Hall–Kier alpha value is -3.98. The average molecular weight is 689 g/mol. The molecular weight excluding hydrogens is 644 g/mol. The van der Waals surface area contributed by atoms with Crippen LogP contribution in [0.3, 0.4) is 0 Å². The molecule has 0 saturated carbocycles. The lowest BCUT2D eigenvalue weighted by Gasteiger charge is -2.31. The molecular formula is C34H44F4N8O3. The van der Waals surface area contributed by atoms with Gasteiger partial charge in [-0.25, -0.2) is 4.39 Å². The number of anilines is 2. The maximum Gasteiger partial charge on any atom is 0.417 e. The van der Waals surface area contributed by atoms with Gasteiger partial charge in [-0.3, -0.25) is 14.4 Å². The molecule has 3 unspecified atom stereocenters. The van der Waals surface area contributed by atoms with E-state index in [1.165, 1.54) is 43.9 Å². The van der Waals surface area contributed by atoms with Gasteiger partial charge in [0, 0.05) is 63.0 Å². The minimum absolute atomic E-state index is 0.0119. The largest absolute Gasteiger partial charge is 0.467 e. The normalized spacial score (nSPS) is 22.1. The summed E-state index contributed by atoms with van der Waals surface area (Å²) in [7, 11) is 4.83. The summed E-state index contributed by atoms with van der Waals surface area (Å²) in [5.41, 5.74) is 8.83. The van der Waals surface area contributed by atoms with Gasteiger partial charge in [-0.2, -0.15) is 28.2 Å². The smallest absolute Gasteiger partial charge is 0.417 e. The maximum atomic E-state index is 14.0. The van der Waals surface area contributed by atoms with Crippen LogP contribution in [0.1, 0.15) is 81.5 Å². The summed E-state index contributed by atoms with van der Waals surface area (Å²) in [6.45, 7) is 6.86. The van der Waals surface area contributed by atoms with Gasteiger partial charge in [0.25, 0.3) is 5.91 Å².